The highest BCUT2D eigenvalue weighted by Gasteiger charge is 2.08. The fraction of sp³-hybridized carbons (Fsp3) is 0.179. The first-order valence-electron chi connectivity index (χ1n) is 11.4. The highest BCUT2D eigenvalue weighted by atomic mass is 19.1. The zero-order valence-corrected chi connectivity index (χ0v) is 19.1. The summed E-state index contributed by atoms with van der Waals surface area (Å²) in [6.45, 7) is 2.91. The van der Waals surface area contributed by atoms with Gasteiger partial charge in [-0.2, -0.15) is 5.10 Å². The van der Waals surface area contributed by atoms with Gasteiger partial charge in [-0.3, -0.25) is 0 Å². The molecule has 4 aromatic rings. The van der Waals surface area contributed by atoms with Gasteiger partial charge in [0.25, 0.3) is 0 Å². The summed E-state index contributed by atoms with van der Waals surface area (Å²) >= 11 is 0. The van der Waals surface area contributed by atoms with Crippen molar-refractivity contribution in [1.29, 1.82) is 0 Å². The summed E-state index contributed by atoms with van der Waals surface area (Å²) in [6.07, 6.45) is 5.12. The number of hydrazone groups is 1. The molecular weight excluding hydrogens is 427 g/mol. The van der Waals surface area contributed by atoms with Crippen LogP contribution in [-0.4, -0.2) is 22.8 Å². The Kier molecular flexibility index (Phi) is 7.95. The molecule has 0 unspecified atom stereocenters. The van der Waals surface area contributed by atoms with Crippen LogP contribution < -0.4 is 10.2 Å². The predicted octanol–water partition coefficient (Wildman–Crippen LogP) is 6.96. The van der Waals surface area contributed by atoms with Crippen molar-refractivity contribution in [2.75, 3.05) is 12.0 Å². The number of benzene rings is 3. The fourth-order valence-corrected chi connectivity index (χ4v) is 3.38. The second-order valence-corrected chi connectivity index (χ2v) is 7.83. The van der Waals surface area contributed by atoms with Crippen LogP contribution in [0.15, 0.2) is 90.0 Å². The van der Waals surface area contributed by atoms with Gasteiger partial charge in [0.05, 0.1) is 24.2 Å². The van der Waals surface area contributed by atoms with Crippen molar-refractivity contribution in [1.82, 2.24) is 9.97 Å². The lowest BCUT2D eigenvalue weighted by Gasteiger charge is -2.08. The summed E-state index contributed by atoms with van der Waals surface area (Å²) in [4.78, 5) is 9.19. The first-order chi connectivity index (χ1) is 16.7. The number of nitrogens with zero attached hydrogens (tertiary/aromatic N) is 3. The van der Waals surface area contributed by atoms with Crippen LogP contribution in [0.4, 0.5) is 10.3 Å². The van der Waals surface area contributed by atoms with Crippen molar-refractivity contribution < 1.29 is 9.13 Å². The summed E-state index contributed by atoms with van der Waals surface area (Å²) in [5.74, 6) is 0.915. The van der Waals surface area contributed by atoms with E-state index in [-0.39, 0.29) is 5.82 Å². The molecule has 172 valence electrons. The van der Waals surface area contributed by atoms with E-state index in [0.29, 0.717) is 11.6 Å². The molecule has 0 fully saturated rings. The average molecular weight is 455 g/mol. The van der Waals surface area contributed by atoms with Gasteiger partial charge in [-0.05, 0) is 66.6 Å². The zero-order chi connectivity index (χ0) is 23.6. The molecular formula is C28H27FN4O. The number of hydrogen-bond donors (Lipinski definition) is 1. The quantitative estimate of drug-likeness (QED) is 0.160. The van der Waals surface area contributed by atoms with Gasteiger partial charge < -0.3 is 4.74 Å². The van der Waals surface area contributed by atoms with Gasteiger partial charge in [0.1, 0.15) is 11.6 Å². The Morgan fingerprint density at radius 1 is 0.853 bits per heavy atom. The normalized spacial score (nSPS) is 11.0. The van der Waals surface area contributed by atoms with Gasteiger partial charge in [0, 0.05) is 11.1 Å². The molecule has 5 nitrogen and oxygen atoms in total. The second-order valence-electron chi connectivity index (χ2n) is 7.83. The van der Waals surface area contributed by atoms with Gasteiger partial charge in [0.15, 0.2) is 0 Å². The molecule has 0 radical (unpaired) electrons. The number of anilines is 1. The van der Waals surface area contributed by atoms with Crippen molar-refractivity contribution in [3.63, 3.8) is 0 Å². The zero-order valence-electron chi connectivity index (χ0n) is 19.1. The van der Waals surface area contributed by atoms with Crippen molar-refractivity contribution in [3.05, 3.63) is 96.3 Å². The molecule has 0 aliphatic carbocycles. The molecule has 0 spiro atoms. The molecule has 6 heteroatoms. The molecule has 3 aromatic carbocycles. The van der Waals surface area contributed by atoms with Crippen molar-refractivity contribution >= 4 is 12.2 Å². The maximum absolute atomic E-state index is 13.4. The number of halogens is 1. The third kappa shape index (κ3) is 6.48. The Morgan fingerprint density at radius 3 is 2.21 bits per heavy atom. The van der Waals surface area contributed by atoms with E-state index in [1.165, 1.54) is 25.0 Å². The Morgan fingerprint density at radius 2 is 1.53 bits per heavy atom. The van der Waals surface area contributed by atoms with Gasteiger partial charge >= 0.3 is 0 Å². The van der Waals surface area contributed by atoms with Gasteiger partial charge in [-0.15, -0.1) is 0 Å². The minimum Gasteiger partial charge on any atom is -0.494 e. The fourth-order valence-electron chi connectivity index (χ4n) is 3.38. The molecule has 0 amide bonds. The van der Waals surface area contributed by atoms with Crippen LogP contribution in [0, 0.1) is 5.82 Å². The Bertz CT molecular complexity index is 1210. The summed E-state index contributed by atoms with van der Waals surface area (Å²) in [5, 5.41) is 4.31. The number of nitrogens with one attached hydrogen (secondary N) is 1. The van der Waals surface area contributed by atoms with E-state index >= 15 is 0 Å². The lowest BCUT2D eigenvalue weighted by molar-refractivity contribution is 0.306. The minimum atomic E-state index is -0.290. The Labute approximate surface area is 199 Å². The second kappa shape index (κ2) is 11.7. The van der Waals surface area contributed by atoms with E-state index < -0.39 is 0 Å². The Balaban J connectivity index is 1.50. The monoisotopic (exact) mass is 454 g/mol. The van der Waals surface area contributed by atoms with Gasteiger partial charge in [-0.25, -0.2) is 19.8 Å². The first-order valence-corrected chi connectivity index (χ1v) is 11.4. The Hall–Kier alpha value is -4.06. The molecule has 0 bridgehead atoms. The molecule has 1 N–H and O–H groups in total. The van der Waals surface area contributed by atoms with Gasteiger partial charge in [0.2, 0.25) is 5.95 Å². The summed E-state index contributed by atoms with van der Waals surface area (Å²) in [6, 6.07) is 25.7. The molecule has 0 saturated heterocycles. The SMILES string of the molecule is CCCCCOc1ccc(/C=N\Nc2nc(-c3ccccc3)cc(-c3ccc(F)cc3)n2)cc1. The maximum atomic E-state index is 13.4. The third-order valence-corrected chi connectivity index (χ3v) is 5.21. The summed E-state index contributed by atoms with van der Waals surface area (Å²) < 4.78 is 19.1. The smallest absolute Gasteiger partial charge is 0.244 e. The van der Waals surface area contributed by atoms with Crippen LogP contribution in [0.5, 0.6) is 5.75 Å². The topological polar surface area (TPSA) is 59.4 Å². The molecule has 0 atom stereocenters. The van der Waals surface area contributed by atoms with Crippen LogP contribution in [-0.2, 0) is 0 Å². The number of unbranched alkanes of at least 4 members (excludes halogenated alkanes) is 2. The molecule has 1 heterocycles. The van der Waals surface area contributed by atoms with Crippen LogP contribution in [0.1, 0.15) is 31.7 Å². The van der Waals surface area contributed by atoms with E-state index in [4.69, 9.17) is 4.74 Å². The van der Waals surface area contributed by atoms with E-state index in [1.807, 2.05) is 60.7 Å². The van der Waals surface area contributed by atoms with Crippen LogP contribution >= 0.6 is 0 Å². The number of rotatable bonds is 10. The van der Waals surface area contributed by atoms with Crippen molar-refractivity contribution in [2.24, 2.45) is 5.10 Å². The molecule has 34 heavy (non-hydrogen) atoms. The average Bonchev–Trinajstić information content (AvgIpc) is 2.88. The number of hydrogen-bond acceptors (Lipinski definition) is 5. The lowest BCUT2D eigenvalue weighted by atomic mass is 10.1. The molecule has 0 saturated carbocycles. The van der Waals surface area contributed by atoms with Crippen molar-refractivity contribution in [2.45, 2.75) is 26.2 Å². The van der Waals surface area contributed by atoms with E-state index in [0.717, 1.165) is 41.2 Å². The van der Waals surface area contributed by atoms with Crippen LogP contribution in [0.2, 0.25) is 0 Å². The molecule has 0 aliphatic rings. The highest BCUT2D eigenvalue weighted by molar-refractivity contribution is 5.80. The summed E-state index contributed by atoms with van der Waals surface area (Å²) in [5.41, 5.74) is 7.02. The minimum absolute atomic E-state index is 0.290. The van der Waals surface area contributed by atoms with Gasteiger partial charge in [-0.1, -0.05) is 50.1 Å². The molecule has 0 aliphatic heterocycles. The number of aromatic nitrogens is 2. The van der Waals surface area contributed by atoms with E-state index in [1.54, 1.807) is 18.3 Å². The largest absolute Gasteiger partial charge is 0.494 e. The standard InChI is InChI=1S/C28H27FN4O/c1-2-3-7-18-34-25-16-10-21(11-17-25)20-30-33-28-31-26(22-8-5-4-6-9-22)19-27(32-28)23-12-14-24(29)15-13-23/h4-6,8-17,19-20H,2-3,7,18H2,1H3,(H,31,32,33)/b30-20-. The third-order valence-electron chi connectivity index (χ3n) is 5.21. The van der Waals surface area contributed by atoms with Crippen LogP contribution in [0.3, 0.4) is 0 Å². The van der Waals surface area contributed by atoms with E-state index in [2.05, 4.69) is 27.4 Å². The molecule has 4 rings (SSSR count). The van der Waals surface area contributed by atoms with E-state index in [9.17, 15) is 4.39 Å². The summed E-state index contributed by atoms with van der Waals surface area (Å²) in [7, 11) is 0. The van der Waals surface area contributed by atoms with Crippen LogP contribution in [0.25, 0.3) is 22.5 Å². The highest BCUT2D eigenvalue weighted by Crippen LogP contribution is 2.25. The maximum Gasteiger partial charge on any atom is 0.244 e. The lowest BCUT2D eigenvalue weighted by Crippen LogP contribution is -2.00. The van der Waals surface area contributed by atoms with Crippen molar-refractivity contribution in [3.8, 4) is 28.3 Å². The number of ether oxygens (including phenoxy) is 1. The predicted molar refractivity (Wildman–Crippen MR) is 136 cm³/mol. The molecule has 1 aromatic heterocycles. The first kappa shape index (κ1) is 23.1.